The molecule has 2 N–H and O–H groups in total. The zero-order valence-electron chi connectivity index (χ0n) is 11.3. The predicted octanol–water partition coefficient (Wildman–Crippen LogP) is 2.09. The number of ether oxygens (including phenoxy) is 1. The first kappa shape index (κ1) is 14.7. The average Bonchev–Trinajstić information content (AvgIpc) is 3.23. The van der Waals surface area contributed by atoms with Gasteiger partial charge in [-0.2, -0.15) is 0 Å². The van der Waals surface area contributed by atoms with Gasteiger partial charge < -0.3 is 15.4 Å². The van der Waals surface area contributed by atoms with Crippen molar-refractivity contribution in [3.63, 3.8) is 0 Å². The third kappa shape index (κ3) is 3.42. The predicted molar refractivity (Wildman–Crippen MR) is 76.6 cm³/mol. The third-order valence-electron chi connectivity index (χ3n) is 3.10. The van der Waals surface area contributed by atoms with Gasteiger partial charge in [0.25, 0.3) is 5.91 Å². The molecule has 1 fully saturated rings. The Kier molecular flexibility index (Phi) is 4.49. The number of hydrogen-bond acceptors (Lipinski definition) is 4. The molecule has 1 saturated carbocycles. The van der Waals surface area contributed by atoms with Gasteiger partial charge in [0.05, 0.1) is 17.3 Å². The summed E-state index contributed by atoms with van der Waals surface area (Å²) in [6.07, 6.45) is 1.82. The summed E-state index contributed by atoms with van der Waals surface area (Å²) >= 11 is 5.93. The Labute approximate surface area is 122 Å². The summed E-state index contributed by atoms with van der Waals surface area (Å²) in [6, 6.07) is 4.85. The lowest BCUT2D eigenvalue weighted by atomic mass is 10.1. The maximum atomic E-state index is 12.4. The van der Waals surface area contributed by atoms with Crippen molar-refractivity contribution in [1.82, 2.24) is 4.90 Å². The monoisotopic (exact) mass is 296 g/mol. The van der Waals surface area contributed by atoms with Crippen molar-refractivity contribution in [2.75, 3.05) is 18.9 Å². The zero-order chi connectivity index (χ0) is 14.7. The zero-order valence-corrected chi connectivity index (χ0v) is 12.0. The molecule has 5 nitrogen and oxygen atoms in total. The molecule has 108 valence electrons. The number of nitrogens with zero attached hydrogens (tertiary/aromatic N) is 1. The highest BCUT2D eigenvalue weighted by atomic mass is 35.5. The summed E-state index contributed by atoms with van der Waals surface area (Å²) in [7, 11) is 0. The maximum Gasteiger partial charge on any atom is 0.325 e. The van der Waals surface area contributed by atoms with Crippen molar-refractivity contribution in [2.24, 2.45) is 0 Å². The van der Waals surface area contributed by atoms with E-state index in [2.05, 4.69) is 0 Å². The van der Waals surface area contributed by atoms with E-state index in [4.69, 9.17) is 22.1 Å². The molecule has 20 heavy (non-hydrogen) atoms. The van der Waals surface area contributed by atoms with Crippen molar-refractivity contribution in [2.45, 2.75) is 25.8 Å². The van der Waals surface area contributed by atoms with Crippen molar-refractivity contribution >= 4 is 29.2 Å². The largest absolute Gasteiger partial charge is 0.465 e. The van der Waals surface area contributed by atoms with Crippen LogP contribution in [0.2, 0.25) is 5.02 Å². The normalized spacial score (nSPS) is 13.9. The minimum Gasteiger partial charge on any atom is -0.465 e. The van der Waals surface area contributed by atoms with Crippen LogP contribution in [0.3, 0.4) is 0 Å². The molecular formula is C14H17ClN2O3. The highest BCUT2D eigenvalue weighted by Gasteiger charge is 2.34. The van der Waals surface area contributed by atoms with E-state index >= 15 is 0 Å². The molecule has 1 aliphatic carbocycles. The van der Waals surface area contributed by atoms with Crippen LogP contribution in [0.1, 0.15) is 30.1 Å². The lowest BCUT2D eigenvalue weighted by molar-refractivity contribution is -0.144. The van der Waals surface area contributed by atoms with E-state index < -0.39 is 5.97 Å². The summed E-state index contributed by atoms with van der Waals surface area (Å²) in [5, 5.41) is 0.336. The van der Waals surface area contributed by atoms with Crippen molar-refractivity contribution in [3.8, 4) is 0 Å². The number of anilines is 1. The first-order valence-electron chi connectivity index (χ1n) is 6.54. The second kappa shape index (κ2) is 6.13. The number of amides is 1. The molecule has 1 aliphatic rings. The Morgan fingerprint density at radius 1 is 1.45 bits per heavy atom. The fourth-order valence-corrected chi connectivity index (χ4v) is 2.11. The van der Waals surface area contributed by atoms with Crippen LogP contribution in [0.25, 0.3) is 0 Å². The minimum absolute atomic E-state index is 0.0284. The molecule has 2 rings (SSSR count). The van der Waals surface area contributed by atoms with Crippen LogP contribution in [0.5, 0.6) is 0 Å². The van der Waals surface area contributed by atoms with E-state index in [1.165, 1.54) is 6.07 Å². The van der Waals surface area contributed by atoms with Crippen LogP contribution in [-0.4, -0.2) is 36.0 Å². The van der Waals surface area contributed by atoms with Crippen molar-refractivity contribution in [1.29, 1.82) is 0 Å². The maximum absolute atomic E-state index is 12.4. The number of rotatable bonds is 5. The van der Waals surface area contributed by atoms with Crippen LogP contribution in [0.15, 0.2) is 18.2 Å². The fraction of sp³-hybridized carbons (Fsp3) is 0.429. The summed E-state index contributed by atoms with van der Waals surface area (Å²) in [4.78, 5) is 25.6. The number of hydrogen-bond donors (Lipinski definition) is 1. The molecule has 6 heteroatoms. The minimum atomic E-state index is -0.394. The molecule has 0 bridgehead atoms. The van der Waals surface area contributed by atoms with Crippen LogP contribution in [-0.2, 0) is 9.53 Å². The molecule has 0 radical (unpaired) electrons. The number of benzene rings is 1. The van der Waals surface area contributed by atoms with Gasteiger partial charge in [-0.05, 0) is 38.0 Å². The van der Waals surface area contributed by atoms with Crippen molar-refractivity contribution in [3.05, 3.63) is 28.8 Å². The van der Waals surface area contributed by atoms with Gasteiger partial charge >= 0.3 is 5.97 Å². The summed E-state index contributed by atoms with van der Waals surface area (Å²) in [5.41, 5.74) is 6.48. The SMILES string of the molecule is CCOC(=O)CN(C(=O)c1ccc(N)c(Cl)c1)C1CC1. The van der Waals surface area contributed by atoms with Gasteiger partial charge in [-0.1, -0.05) is 11.6 Å². The Bertz CT molecular complexity index is 529. The molecule has 0 spiro atoms. The van der Waals surface area contributed by atoms with E-state index in [1.54, 1.807) is 24.0 Å². The van der Waals surface area contributed by atoms with Crippen LogP contribution in [0, 0.1) is 0 Å². The second-order valence-electron chi connectivity index (χ2n) is 4.71. The van der Waals surface area contributed by atoms with E-state index in [1.807, 2.05) is 0 Å². The van der Waals surface area contributed by atoms with E-state index in [9.17, 15) is 9.59 Å². The highest BCUT2D eigenvalue weighted by molar-refractivity contribution is 6.33. The molecule has 0 saturated heterocycles. The Hall–Kier alpha value is -1.75. The smallest absolute Gasteiger partial charge is 0.325 e. The molecule has 0 heterocycles. The van der Waals surface area contributed by atoms with Gasteiger partial charge in [0.2, 0.25) is 0 Å². The van der Waals surface area contributed by atoms with Gasteiger partial charge in [-0.25, -0.2) is 0 Å². The quantitative estimate of drug-likeness (QED) is 0.667. The van der Waals surface area contributed by atoms with Crippen LogP contribution < -0.4 is 5.73 Å². The number of carbonyl (C=O) groups is 2. The average molecular weight is 297 g/mol. The summed E-state index contributed by atoms with van der Waals surface area (Å²) in [6.45, 7) is 2.01. The number of nitrogen functional groups attached to an aromatic ring is 1. The molecule has 0 aliphatic heterocycles. The molecule has 0 aromatic heterocycles. The van der Waals surface area contributed by atoms with Gasteiger partial charge in [0.1, 0.15) is 6.54 Å². The van der Waals surface area contributed by atoms with Crippen molar-refractivity contribution < 1.29 is 14.3 Å². The van der Waals surface area contributed by atoms with Gasteiger partial charge in [-0.3, -0.25) is 9.59 Å². The number of esters is 1. The van der Waals surface area contributed by atoms with Crippen LogP contribution in [0.4, 0.5) is 5.69 Å². The lowest BCUT2D eigenvalue weighted by Gasteiger charge is -2.21. The first-order chi connectivity index (χ1) is 9.52. The van der Waals surface area contributed by atoms with Gasteiger partial charge in [0, 0.05) is 11.6 Å². The van der Waals surface area contributed by atoms with Gasteiger partial charge in [0.15, 0.2) is 0 Å². The Balaban J connectivity index is 2.14. The standard InChI is InChI=1S/C14H17ClN2O3/c1-2-20-13(18)8-17(10-4-5-10)14(19)9-3-6-12(16)11(15)7-9/h3,6-7,10H,2,4-5,8,16H2,1H3. The molecule has 0 atom stereocenters. The molecular weight excluding hydrogens is 280 g/mol. The Morgan fingerprint density at radius 2 is 2.15 bits per heavy atom. The number of halogens is 1. The topological polar surface area (TPSA) is 72.6 Å². The highest BCUT2D eigenvalue weighted by Crippen LogP contribution is 2.29. The number of nitrogens with two attached hydrogens (primary N) is 1. The fourth-order valence-electron chi connectivity index (χ4n) is 1.92. The second-order valence-corrected chi connectivity index (χ2v) is 5.11. The van der Waals surface area contributed by atoms with E-state index in [-0.39, 0.29) is 18.5 Å². The van der Waals surface area contributed by atoms with E-state index in [0.717, 1.165) is 12.8 Å². The molecule has 1 aromatic rings. The molecule has 1 aromatic carbocycles. The first-order valence-corrected chi connectivity index (χ1v) is 6.92. The van der Waals surface area contributed by atoms with Crippen LogP contribution >= 0.6 is 11.6 Å². The third-order valence-corrected chi connectivity index (χ3v) is 3.43. The molecule has 0 unspecified atom stereocenters. The Morgan fingerprint density at radius 3 is 2.70 bits per heavy atom. The van der Waals surface area contributed by atoms with E-state index in [0.29, 0.717) is 22.9 Å². The summed E-state index contributed by atoms with van der Waals surface area (Å²) < 4.78 is 4.90. The van der Waals surface area contributed by atoms with Gasteiger partial charge in [-0.15, -0.1) is 0 Å². The molecule has 1 amide bonds. The lowest BCUT2D eigenvalue weighted by Crippen LogP contribution is -2.38. The summed E-state index contributed by atoms with van der Waals surface area (Å²) in [5.74, 6) is -0.614. The number of carbonyl (C=O) groups excluding carboxylic acids is 2.